The van der Waals surface area contributed by atoms with E-state index < -0.39 is 23.4 Å². The zero-order chi connectivity index (χ0) is 22.2. The number of ether oxygens (including phenoxy) is 1. The van der Waals surface area contributed by atoms with E-state index in [9.17, 15) is 19.7 Å². The molecule has 0 unspecified atom stereocenters. The number of carbonyl (C=O) groups is 2. The van der Waals surface area contributed by atoms with Crippen molar-refractivity contribution in [1.82, 2.24) is 5.32 Å². The summed E-state index contributed by atoms with van der Waals surface area (Å²) in [7, 11) is 0. The number of anilines is 1. The molecule has 2 aromatic rings. The number of nitro groups is 1. The van der Waals surface area contributed by atoms with Gasteiger partial charge in [0.25, 0.3) is 11.6 Å². The number of nitro benzene ring substituents is 1. The van der Waals surface area contributed by atoms with Crippen molar-refractivity contribution in [3.63, 3.8) is 0 Å². The minimum Gasteiger partial charge on any atom is -0.452 e. The summed E-state index contributed by atoms with van der Waals surface area (Å²) in [6, 6.07) is 12.2. The summed E-state index contributed by atoms with van der Waals surface area (Å²) < 4.78 is 5.05. The van der Waals surface area contributed by atoms with Crippen LogP contribution in [0.1, 0.15) is 40.7 Å². The van der Waals surface area contributed by atoms with Gasteiger partial charge in [-0.2, -0.15) is 0 Å². The first kappa shape index (κ1) is 22.3. The van der Waals surface area contributed by atoms with E-state index in [1.807, 2.05) is 36.1 Å². The molecule has 164 valence electrons. The molecule has 1 fully saturated rings. The maximum absolute atomic E-state index is 12.3. The molecule has 8 heteroatoms. The van der Waals surface area contributed by atoms with Crippen LogP contribution in [-0.2, 0) is 16.0 Å². The Labute approximate surface area is 181 Å². The number of esters is 1. The molecule has 0 spiro atoms. The van der Waals surface area contributed by atoms with Crippen molar-refractivity contribution in [2.24, 2.45) is 0 Å². The van der Waals surface area contributed by atoms with Crippen molar-refractivity contribution in [2.75, 3.05) is 31.1 Å². The van der Waals surface area contributed by atoms with E-state index in [-0.39, 0.29) is 11.3 Å². The highest BCUT2D eigenvalue weighted by Gasteiger charge is 2.23. The van der Waals surface area contributed by atoms with Gasteiger partial charge in [-0.25, -0.2) is 4.79 Å². The molecule has 3 rings (SSSR count). The molecule has 0 saturated carbocycles. The van der Waals surface area contributed by atoms with Crippen LogP contribution in [0.2, 0.25) is 0 Å². The Balaban J connectivity index is 1.53. The fraction of sp³-hybridized carbons (Fsp3) is 0.391. The van der Waals surface area contributed by atoms with E-state index in [1.165, 1.54) is 12.1 Å². The standard InChI is InChI=1S/C23H27N3O5/c1-17-7-3-4-8-18(17)11-12-24-22(27)16-31-23(28)19-9-10-20(21(15-19)26(29)30)25-13-5-2-6-14-25/h3-4,7-10,15H,2,5-6,11-14,16H2,1H3,(H,24,27). The van der Waals surface area contributed by atoms with Crippen molar-refractivity contribution < 1.29 is 19.2 Å². The molecule has 2 aromatic carbocycles. The molecule has 1 aliphatic rings. The van der Waals surface area contributed by atoms with Gasteiger partial charge >= 0.3 is 5.97 Å². The summed E-state index contributed by atoms with van der Waals surface area (Å²) in [4.78, 5) is 37.3. The average molecular weight is 425 g/mol. The molecule has 1 heterocycles. The number of nitrogens with zero attached hydrogens (tertiary/aromatic N) is 2. The van der Waals surface area contributed by atoms with Crippen LogP contribution in [0, 0.1) is 17.0 Å². The van der Waals surface area contributed by atoms with Gasteiger partial charge in [-0.1, -0.05) is 24.3 Å². The predicted molar refractivity (Wildman–Crippen MR) is 117 cm³/mol. The minimum atomic E-state index is -0.762. The first-order chi connectivity index (χ1) is 15.0. The molecule has 8 nitrogen and oxygen atoms in total. The Morgan fingerprint density at radius 3 is 2.58 bits per heavy atom. The van der Waals surface area contributed by atoms with E-state index >= 15 is 0 Å². The molecule has 0 bridgehead atoms. The van der Waals surface area contributed by atoms with E-state index in [0.29, 0.717) is 18.7 Å². The van der Waals surface area contributed by atoms with E-state index in [1.54, 1.807) is 6.07 Å². The number of rotatable bonds is 8. The summed E-state index contributed by atoms with van der Waals surface area (Å²) in [5.74, 6) is -1.18. The van der Waals surface area contributed by atoms with E-state index in [2.05, 4.69) is 5.32 Å². The topological polar surface area (TPSA) is 102 Å². The van der Waals surface area contributed by atoms with Gasteiger partial charge in [0, 0.05) is 25.7 Å². The maximum atomic E-state index is 12.3. The lowest BCUT2D eigenvalue weighted by atomic mass is 10.1. The normalized spacial score (nSPS) is 13.5. The highest BCUT2D eigenvalue weighted by Crippen LogP contribution is 2.31. The Morgan fingerprint density at radius 2 is 1.87 bits per heavy atom. The number of piperidine rings is 1. The second-order valence-corrected chi connectivity index (χ2v) is 7.61. The average Bonchev–Trinajstić information content (AvgIpc) is 2.79. The quantitative estimate of drug-likeness (QED) is 0.395. The summed E-state index contributed by atoms with van der Waals surface area (Å²) in [6.45, 7) is 3.51. The number of hydrogen-bond acceptors (Lipinski definition) is 6. The zero-order valence-electron chi connectivity index (χ0n) is 17.6. The van der Waals surface area contributed by atoms with Crippen molar-refractivity contribution in [3.8, 4) is 0 Å². The molecule has 0 aromatic heterocycles. The first-order valence-corrected chi connectivity index (χ1v) is 10.5. The molecule has 0 radical (unpaired) electrons. The van der Waals surface area contributed by atoms with Gasteiger partial charge in [-0.3, -0.25) is 14.9 Å². The number of aryl methyl sites for hydroxylation is 1. The van der Waals surface area contributed by atoms with Gasteiger partial charge in [-0.15, -0.1) is 0 Å². The molecule has 1 amide bonds. The monoisotopic (exact) mass is 425 g/mol. The number of amides is 1. The summed E-state index contributed by atoms with van der Waals surface area (Å²) in [5.41, 5.74) is 2.73. The summed E-state index contributed by atoms with van der Waals surface area (Å²) in [6.07, 6.45) is 3.76. The maximum Gasteiger partial charge on any atom is 0.338 e. The van der Waals surface area contributed by atoms with Crippen LogP contribution in [0.15, 0.2) is 42.5 Å². The smallest absolute Gasteiger partial charge is 0.338 e. The third kappa shape index (κ3) is 6.04. The first-order valence-electron chi connectivity index (χ1n) is 10.5. The van der Waals surface area contributed by atoms with Crippen molar-refractivity contribution in [2.45, 2.75) is 32.6 Å². The number of nitrogens with one attached hydrogen (secondary N) is 1. The SMILES string of the molecule is Cc1ccccc1CCNC(=O)COC(=O)c1ccc(N2CCCCC2)c([N+](=O)[O-])c1. The van der Waals surface area contributed by atoms with E-state index in [0.717, 1.165) is 43.5 Å². The minimum absolute atomic E-state index is 0.0557. The highest BCUT2D eigenvalue weighted by atomic mass is 16.6. The second-order valence-electron chi connectivity index (χ2n) is 7.61. The van der Waals surface area contributed by atoms with Crippen molar-refractivity contribution >= 4 is 23.3 Å². The number of carbonyl (C=O) groups excluding carboxylic acids is 2. The van der Waals surface area contributed by atoms with Crippen LogP contribution in [0.5, 0.6) is 0 Å². The Bertz CT molecular complexity index is 954. The predicted octanol–water partition coefficient (Wildman–Crippen LogP) is 3.41. The number of benzene rings is 2. The Hall–Kier alpha value is -3.42. The lowest BCUT2D eigenvalue weighted by Crippen LogP contribution is -2.31. The highest BCUT2D eigenvalue weighted by molar-refractivity contribution is 5.93. The van der Waals surface area contributed by atoms with Gasteiger partial charge in [0.2, 0.25) is 0 Å². The van der Waals surface area contributed by atoms with Crippen LogP contribution < -0.4 is 10.2 Å². The summed E-state index contributed by atoms with van der Waals surface area (Å²) >= 11 is 0. The molecule has 1 saturated heterocycles. The van der Waals surface area contributed by atoms with E-state index in [4.69, 9.17) is 4.74 Å². The van der Waals surface area contributed by atoms with Crippen LogP contribution in [-0.4, -0.2) is 43.0 Å². The second kappa shape index (κ2) is 10.6. The fourth-order valence-corrected chi connectivity index (χ4v) is 3.69. The van der Waals surface area contributed by atoms with Gasteiger partial charge in [0.05, 0.1) is 10.5 Å². The third-order valence-electron chi connectivity index (χ3n) is 5.42. The van der Waals surface area contributed by atoms with Gasteiger partial charge < -0.3 is 15.0 Å². The lowest BCUT2D eigenvalue weighted by Gasteiger charge is -2.28. The van der Waals surface area contributed by atoms with Crippen LogP contribution in [0.3, 0.4) is 0 Å². The van der Waals surface area contributed by atoms with Crippen LogP contribution in [0.4, 0.5) is 11.4 Å². The lowest BCUT2D eigenvalue weighted by molar-refractivity contribution is -0.384. The Morgan fingerprint density at radius 1 is 1.13 bits per heavy atom. The zero-order valence-corrected chi connectivity index (χ0v) is 17.6. The van der Waals surface area contributed by atoms with Gasteiger partial charge in [0.1, 0.15) is 5.69 Å². The van der Waals surface area contributed by atoms with Crippen molar-refractivity contribution in [1.29, 1.82) is 0 Å². The van der Waals surface area contributed by atoms with Gasteiger partial charge in [-0.05, 0) is 55.9 Å². The molecule has 31 heavy (non-hydrogen) atoms. The van der Waals surface area contributed by atoms with Crippen LogP contribution >= 0.6 is 0 Å². The van der Waals surface area contributed by atoms with Crippen molar-refractivity contribution in [3.05, 3.63) is 69.3 Å². The fourth-order valence-electron chi connectivity index (χ4n) is 3.69. The molecule has 1 N–H and O–H groups in total. The molecule has 0 atom stereocenters. The Kier molecular flexibility index (Phi) is 7.59. The molecular weight excluding hydrogens is 398 g/mol. The number of hydrogen-bond donors (Lipinski definition) is 1. The summed E-state index contributed by atoms with van der Waals surface area (Å²) in [5, 5.41) is 14.2. The van der Waals surface area contributed by atoms with Gasteiger partial charge in [0.15, 0.2) is 6.61 Å². The third-order valence-corrected chi connectivity index (χ3v) is 5.42. The van der Waals surface area contributed by atoms with Crippen LogP contribution in [0.25, 0.3) is 0 Å². The molecular formula is C23H27N3O5. The largest absolute Gasteiger partial charge is 0.452 e. The molecule has 0 aliphatic carbocycles. The molecule has 1 aliphatic heterocycles.